The van der Waals surface area contributed by atoms with E-state index < -0.39 is 34.7 Å². The highest BCUT2D eigenvalue weighted by Crippen LogP contribution is 2.38. The first kappa shape index (κ1) is 22.1. The summed E-state index contributed by atoms with van der Waals surface area (Å²) in [6, 6.07) is 16.4. The molecule has 0 spiro atoms. The highest BCUT2D eigenvalue weighted by atomic mass is 19.4. The predicted molar refractivity (Wildman–Crippen MR) is 115 cm³/mol. The minimum Gasteiger partial charge on any atom is -0.449 e. The molecule has 0 aliphatic carbocycles. The molecule has 168 valence electrons. The second-order valence-corrected chi connectivity index (χ2v) is 7.42. The topological polar surface area (TPSA) is 65.7 Å². The lowest BCUT2D eigenvalue weighted by atomic mass is 10.1. The van der Waals surface area contributed by atoms with Gasteiger partial charge in [-0.1, -0.05) is 35.4 Å². The molecule has 0 saturated heterocycles. The lowest BCUT2D eigenvalue weighted by Crippen LogP contribution is -2.15. The number of rotatable bonds is 4. The number of fused-ring (bicyclic) bond motifs is 1. The van der Waals surface area contributed by atoms with Gasteiger partial charge in [0.05, 0.1) is 10.9 Å². The number of ether oxygens (including phenoxy) is 2. The van der Waals surface area contributed by atoms with Gasteiger partial charge in [-0.25, -0.2) is 4.79 Å². The first-order valence-corrected chi connectivity index (χ1v) is 9.83. The van der Waals surface area contributed by atoms with E-state index in [1.54, 1.807) is 50.2 Å². The standard InChI is InChI=1S/C25H17F3O5/c1-14-6-8-17(9-7-14)31-22-21(29)19-11-10-18(13-20(19)33-23(22)25(26,27)28)32-24(30)16-5-3-4-15(2)12-16/h3-13H,1-2H3. The predicted octanol–water partition coefficient (Wildman–Crippen LogP) is 6.44. The molecule has 4 aromatic rings. The third kappa shape index (κ3) is 4.74. The number of esters is 1. The van der Waals surface area contributed by atoms with Crippen molar-refractivity contribution in [3.63, 3.8) is 0 Å². The minimum absolute atomic E-state index is 0.0569. The van der Waals surface area contributed by atoms with Crippen LogP contribution in [0.4, 0.5) is 13.2 Å². The summed E-state index contributed by atoms with van der Waals surface area (Å²) < 4.78 is 56.7. The first-order valence-electron chi connectivity index (χ1n) is 9.83. The number of alkyl halides is 3. The van der Waals surface area contributed by atoms with Crippen LogP contribution in [0, 0.1) is 13.8 Å². The largest absolute Gasteiger partial charge is 0.453 e. The van der Waals surface area contributed by atoms with Gasteiger partial charge in [0.2, 0.25) is 11.2 Å². The van der Waals surface area contributed by atoms with E-state index >= 15 is 0 Å². The smallest absolute Gasteiger partial charge is 0.449 e. The second-order valence-electron chi connectivity index (χ2n) is 7.42. The SMILES string of the molecule is Cc1ccc(Oc2c(C(F)(F)F)oc3cc(OC(=O)c4cccc(C)c4)ccc3c2=O)cc1. The fourth-order valence-corrected chi connectivity index (χ4v) is 3.16. The summed E-state index contributed by atoms with van der Waals surface area (Å²) >= 11 is 0. The zero-order valence-corrected chi connectivity index (χ0v) is 17.5. The number of halogens is 3. The molecule has 8 heteroatoms. The van der Waals surface area contributed by atoms with Crippen LogP contribution in [0.2, 0.25) is 0 Å². The van der Waals surface area contributed by atoms with E-state index in [2.05, 4.69) is 0 Å². The van der Waals surface area contributed by atoms with E-state index in [0.29, 0.717) is 0 Å². The molecule has 0 N–H and O–H groups in total. The molecule has 0 aliphatic heterocycles. The Labute approximate surface area is 186 Å². The summed E-state index contributed by atoms with van der Waals surface area (Å²) in [6.07, 6.45) is -5.00. The van der Waals surface area contributed by atoms with E-state index in [1.165, 1.54) is 24.3 Å². The van der Waals surface area contributed by atoms with E-state index in [0.717, 1.165) is 17.2 Å². The number of aryl methyl sites for hydroxylation is 2. The Kier molecular flexibility index (Phi) is 5.68. The van der Waals surface area contributed by atoms with Gasteiger partial charge in [0.1, 0.15) is 17.1 Å². The van der Waals surface area contributed by atoms with Gasteiger partial charge in [0.25, 0.3) is 5.76 Å². The maximum absolute atomic E-state index is 13.7. The van der Waals surface area contributed by atoms with Gasteiger partial charge in [-0.3, -0.25) is 4.79 Å². The first-order chi connectivity index (χ1) is 15.6. The van der Waals surface area contributed by atoms with Gasteiger partial charge in [-0.05, 0) is 50.2 Å². The molecule has 0 fully saturated rings. The lowest BCUT2D eigenvalue weighted by molar-refractivity contribution is -0.154. The molecular formula is C25H17F3O5. The molecule has 5 nitrogen and oxygen atoms in total. The highest BCUT2D eigenvalue weighted by molar-refractivity contribution is 5.92. The van der Waals surface area contributed by atoms with Crippen molar-refractivity contribution in [3.8, 4) is 17.2 Å². The monoisotopic (exact) mass is 454 g/mol. The number of hydrogen-bond acceptors (Lipinski definition) is 5. The van der Waals surface area contributed by atoms with Crippen molar-refractivity contribution in [2.75, 3.05) is 0 Å². The van der Waals surface area contributed by atoms with Crippen LogP contribution in [-0.2, 0) is 6.18 Å². The van der Waals surface area contributed by atoms with Gasteiger partial charge in [0.15, 0.2) is 0 Å². The molecule has 3 aromatic carbocycles. The third-order valence-electron chi connectivity index (χ3n) is 4.78. The third-order valence-corrected chi connectivity index (χ3v) is 4.78. The number of carbonyl (C=O) groups excluding carboxylic acids is 1. The van der Waals surface area contributed by atoms with Gasteiger partial charge in [-0.15, -0.1) is 0 Å². The van der Waals surface area contributed by atoms with Gasteiger partial charge in [0, 0.05) is 6.07 Å². The maximum Gasteiger partial charge on any atom is 0.453 e. The number of hydrogen-bond donors (Lipinski definition) is 0. The zero-order valence-electron chi connectivity index (χ0n) is 17.5. The lowest BCUT2D eigenvalue weighted by Gasteiger charge is -2.13. The van der Waals surface area contributed by atoms with E-state index in [1.807, 2.05) is 0 Å². The molecule has 0 aliphatic rings. The minimum atomic E-state index is -5.00. The molecule has 4 rings (SSSR count). The molecule has 0 amide bonds. The van der Waals surface area contributed by atoms with Crippen molar-refractivity contribution in [3.05, 3.63) is 99.4 Å². The van der Waals surface area contributed by atoms with Crippen LogP contribution in [0.1, 0.15) is 27.2 Å². The van der Waals surface area contributed by atoms with Gasteiger partial charge < -0.3 is 13.9 Å². The molecule has 0 unspecified atom stereocenters. The number of benzene rings is 3. The molecule has 0 saturated carbocycles. The normalized spacial score (nSPS) is 11.4. The molecule has 33 heavy (non-hydrogen) atoms. The van der Waals surface area contributed by atoms with Crippen LogP contribution >= 0.6 is 0 Å². The van der Waals surface area contributed by atoms with Gasteiger partial charge in [-0.2, -0.15) is 13.2 Å². The Hall–Kier alpha value is -4.07. The second kappa shape index (κ2) is 8.46. The van der Waals surface area contributed by atoms with Crippen molar-refractivity contribution >= 4 is 16.9 Å². The van der Waals surface area contributed by atoms with E-state index in [9.17, 15) is 22.8 Å². The van der Waals surface area contributed by atoms with Crippen LogP contribution in [-0.4, -0.2) is 5.97 Å². The Bertz CT molecular complexity index is 1400. The summed E-state index contributed by atoms with van der Waals surface area (Å²) in [5.74, 6) is -3.26. The Morgan fingerprint density at radius 1 is 0.879 bits per heavy atom. The number of carbonyl (C=O) groups is 1. The maximum atomic E-state index is 13.7. The Morgan fingerprint density at radius 3 is 2.24 bits per heavy atom. The molecular weight excluding hydrogens is 437 g/mol. The zero-order chi connectivity index (χ0) is 23.8. The van der Waals surface area contributed by atoms with Crippen LogP contribution in [0.5, 0.6) is 17.2 Å². The Balaban J connectivity index is 1.75. The molecule has 0 atom stereocenters. The van der Waals surface area contributed by atoms with Crippen LogP contribution in [0.15, 0.2) is 75.9 Å². The molecule has 1 heterocycles. The van der Waals surface area contributed by atoms with E-state index in [4.69, 9.17) is 13.9 Å². The van der Waals surface area contributed by atoms with E-state index in [-0.39, 0.29) is 22.4 Å². The molecule has 0 radical (unpaired) electrons. The van der Waals surface area contributed by atoms with Crippen molar-refractivity contribution in [2.45, 2.75) is 20.0 Å². The summed E-state index contributed by atoms with van der Waals surface area (Å²) in [5.41, 5.74) is 0.592. The van der Waals surface area contributed by atoms with Crippen LogP contribution in [0.25, 0.3) is 11.0 Å². The Morgan fingerprint density at radius 2 is 1.58 bits per heavy atom. The molecule has 0 bridgehead atoms. The summed E-state index contributed by atoms with van der Waals surface area (Å²) in [6.45, 7) is 3.61. The van der Waals surface area contributed by atoms with Crippen molar-refractivity contribution in [1.29, 1.82) is 0 Å². The van der Waals surface area contributed by atoms with Crippen molar-refractivity contribution in [1.82, 2.24) is 0 Å². The fourth-order valence-electron chi connectivity index (χ4n) is 3.16. The van der Waals surface area contributed by atoms with Crippen molar-refractivity contribution in [2.24, 2.45) is 0 Å². The fraction of sp³-hybridized carbons (Fsp3) is 0.120. The summed E-state index contributed by atoms with van der Waals surface area (Å²) in [7, 11) is 0. The summed E-state index contributed by atoms with van der Waals surface area (Å²) in [4.78, 5) is 25.2. The van der Waals surface area contributed by atoms with Crippen molar-refractivity contribution < 1.29 is 31.9 Å². The highest BCUT2D eigenvalue weighted by Gasteiger charge is 2.40. The average molecular weight is 454 g/mol. The quantitative estimate of drug-likeness (QED) is 0.262. The van der Waals surface area contributed by atoms with Crippen LogP contribution in [0.3, 0.4) is 0 Å². The average Bonchev–Trinajstić information content (AvgIpc) is 2.76. The summed E-state index contributed by atoms with van der Waals surface area (Å²) in [5, 5.41) is -0.152. The molecule has 1 aromatic heterocycles. The van der Waals surface area contributed by atoms with Gasteiger partial charge >= 0.3 is 12.1 Å². The van der Waals surface area contributed by atoms with Crippen LogP contribution < -0.4 is 14.9 Å².